The zero-order chi connectivity index (χ0) is 16.2. The minimum Gasteiger partial charge on any atom is -0.444 e. The van der Waals surface area contributed by atoms with Gasteiger partial charge in [-0.3, -0.25) is 0 Å². The molecule has 1 aromatic carbocycles. The van der Waals surface area contributed by atoms with Crippen molar-refractivity contribution in [1.82, 2.24) is 10.2 Å². The summed E-state index contributed by atoms with van der Waals surface area (Å²) in [5.74, 6) is -0.226. The Balaban J connectivity index is 1.81. The van der Waals surface area contributed by atoms with Crippen molar-refractivity contribution in [1.29, 1.82) is 0 Å². The molecule has 1 saturated heterocycles. The van der Waals surface area contributed by atoms with Crippen molar-refractivity contribution in [3.05, 3.63) is 35.6 Å². The van der Waals surface area contributed by atoms with Gasteiger partial charge in [0, 0.05) is 25.7 Å². The number of amides is 1. The van der Waals surface area contributed by atoms with Crippen LogP contribution in [-0.4, -0.2) is 35.7 Å². The molecular weight excluding hydrogens is 283 g/mol. The minimum absolute atomic E-state index is 0.162. The normalized spacial score (nSPS) is 18.5. The van der Waals surface area contributed by atoms with Crippen LogP contribution in [0.5, 0.6) is 0 Å². The number of rotatable bonds is 4. The van der Waals surface area contributed by atoms with Gasteiger partial charge in [-0.2, -0.15) is 0 Å². The van der Waals surface area contributed by atoms with Gasteiger partial charge in [0.15, 0.2) is 0 Å². The molecule has 1 heterocycles. The Kier molecular flexibility index (Phi) is 5.40. The summed E-state index contributed by atoms with van der Waals surface area (Å²) in [4.78, 5) is 14.0. The van der Waals surface area contributed by atoms with Crippen molar-refractivity contribution >= 4 is 6.09 Å². The van der Waals surface area contributed by atoms with E-state index in [4.69, 9.17) is 4.74 Å². The van der Waals surface area contributed by atoms with E-state index in [0.29, 0.717) is 6.54 Å². The first-order valence-corrected chi connectivity index (χ1v) is 7.80. The molecule has 1 aliphatic heterocycles. The third-order valence-corrected chi connectivity index (χ3v) is 3.63. The fourth-order valence-corrected chi connectivity index (χ4v) is 2.59. The van der Waals surface area contributed by atoms with Crippen molar-refractivity contribution in [2.24, 2.45) is 0 Å². The van der Waals surface area contributed by atoms with Crippen LogP contribution in [0, 0.1) is 5.82 Å². The van der Waals surface area contributed by atoms with E-state index in [0.717, 1.165) is 31.5 Å². The fourth-order valence-electron chi connectivity index (χ4n) is 2.59. The molecule has 0 aromatic heterocycles. The van der Waals surface area contributed by atoms with E-state index in [9.17, 15) is 9.18 Å². The summed E-state index contributed by atoms with van der Waals surface area (Å²) in [6.07, 6.45) is 1.75. The molecule has 0 saturated carbocycles. The Hall–Kier alpha value is -1.62. The zero-order valence-corrected chi connectivity index (χ0v) is 13.6. The second kappa shape index (κ2) is 7.09. The Bertz CT molecular complexity index is 496. The van der Waals surface area contributed by atoms with Crippen molar-refractivity contribution in [2.45, 2.75) is 51.8 Å². The summed E-state index contributed by atoms with van der Waals surface area (Å²) >= 11 is 0. The molecule has 4 nitrogen and oxygen atoms in total. The lowest BCUT2D eigenvalue weighted by Crippen LogP contribution is -2.44. The van der Waals surface area contributed by atoms with E-state index in [1.54, 1.807) is 12.1 Å². The Morgan fingerprint density at radius 2 is 2.05 bits per heavy atom. The first-order valence-electron chi connectivity index (χ1n) is 7.80. The van der Waals surface area contributed by atoms with Gasteiger partial charge in [-0.15, -0.1) is 0 Å². The molecule has 0 bridgehead atoms. The fraction of sp³-hybridized carbons (Fsp3) is 0.588. The molecule has 1 aromatic rings. The molecule has 122 valence electrons. The molecule has 1 atom stereocenters. The largest absolute Gasteiger partial charge is 0.444 e. The van der Waals surface area contributed by atoms with Gasteiger partial charge in [0.1, 0.15) is 11.4 Å². The van der Waals surface area contributed by atoms with Crippen LogP contribution in [0.4, 0.5) is 9.18 Å². The van der Waals surface area contributed by atoms with Crippen molar-refractivity contribution in [3.63, 3.8) is 0 Å². The lowest BCUT2D eigenvalue weighted by molar-refractivity contribution is 0.0226. The molecule has 22 heavy (non-hydrogen) atoms. The average Bonchev–Trinajstić information content (AvgIpc) is 2.88. The highest BCUT2D eigenvalue weighted by molar-refractivity contribution is 5.69. The van der Waals surface area contributed by atoms with Crippen LogP contribution in [0.1, 0.15) is 39.2 Å². The summed E-state index contributed by atoms with van der Waals surface area (Å²) < 4.78 is 18.3. The molecular formula is C17H25FN2O2. The second-order valence-corrected chi connectivity index (χ2v) is 6.73. The van der Waals surface area contributed by atoms with Gasteiger partial charge in [-0.05, 0) is 51.3 Å². The molecule has 2 rings (SSSR count). The van der Waals surface area contributed by atoms with E-state index in [1.807, 2.05) is 25.7 Å². The topological polar surface area (TPSA) is 41.6 Å². The first-order chi connectivity index (χ1) is 10.3. The molecule has 1 aliphatic rings. The Labute approximate surface area is 131 Å². The predicted octanol–water partition coefficient (Wildman–Crippen LogP) is 3.31. The van der Waals surface area contributed by atoms with Crippen LogP contribution in [0.3, 0.4) is 0 Å². The number of benzene rings is 1. The van der Waals surface area contributed by atoms with Gasteiger partial charge in [-0.25, -0.2) is 9.18 Å². The monoisotopic (exact) mass is 308 g/mol. The van der Waals surface area contributed by atoms with Gasteiger partial charge in [0.2, 0.25) is 0 Å². The predicted molar refractivity (Wildman–Crippen MR) is 84.1 cm³/mol. The van der Waals surface area contributed by atoms with Crippen LogP contribution in [0.25, 0.3) is 0 Å². The van der Waals surface area contributed by atoms with Crippen LogP contribution in [-0.2, 0) is 11.3 Å². The van der Waals surface area contributed by atoms with Gasteiger partial charge < -0.3 is 15.0 Å². The smallest absolute Gasteiger partial charge is 0.410 e. The Morgan fingerprint density at radius 1 is 1.36 bits per heavy atom. The molecule has 1 fully saturated rings. The lowest BCUT2D eigenvalue weighted by atomic mass is 10.2. The number of nitrogens with zero attached hydrogens (tertiary/aromatic N) is 1. The van der Waals surface area contributed by atoms with E-state index >= 15 is 0 Å². The van der Waals surface area contributed by atoms with E-state index in [-0.39, 0.29) is 18.0 Å². The van der Waals surface area contributed by atoms with Crippen LogP contribution in [0.15, 0.2) is 24.3 Å². The SMILES string of the molecule is CC(C)(C)OC(=O)N1CCC[C@@H]1CNCc1ccc(F)cc1. The van der Waals surface area contributed by atoms with E-state index in [2.05, 4.69) is 5.32 Å². The standard InChI is InChI=1S/C17H25FN2O2/c1-17(2,3)22-16(21)20-10-4-5-15(20)12-19-11-13-6-8-14(18)9-7-13/h6-9,15,19H,4-5,10-12H2,1-3H3/t15-/m1/s1. The third kappa shape index (κ3) is 4.98. The first kappa shape index (κ1) is 16.7. The summed E-state index contributed by atoms with van der Waals surface area (Å²) in [7, 11) is 0. The van der Waals surface area contributed by atoms with Gasteiger partial charge >= 0.3 is 6.09 Å². The van der Waals surface area contributed by atoms with E-state index in [1.165, 1.54) is 12.1 Å². The number of hydrogen-bond acceptors (Lipinski definition) is 3. The molecule has 0 unspecified atom stereocenters. The number of ether oxygens (including phenoxy) is 1. The third-order valence-electron chi connectivity index (χ3n) is 3.63. The molecule has 1 N–H and O–H groups in total. The number of hydrogen-bond donors (Lipinski definition) is 1. The molecule has 0 spiro atoms. The molecule has 0 radical (unpaired) electrons. The quantitative estimate of drug-likeness (QED) is 0.928. The van der Waals surface area contributed by atoms with Gasteiger partial charge in [0.05, 0.1) is 0 Å². The zero-order valence-electron chi connectivity index (χ0n) is 13.6. The summed E-state index contributed by atoms with van der Waals surface area (Å²) in [5, 5.41) is 3.34. The lowest BCUT2D eigenvalue weighted by Gasteiger charge is -2.28. The number of likely N-dealkylation sites (tertiary alicyclic amines) is 1. The molecule has 1 amide bonds. The van der Waals surface area contributed by atoms with Crippen LogP contribution < -0.4 is 5.32 Å². The van der Waals surface area contributed by atoms with Crippen molar-refractivity contribution in [2.75, 3.05) is 13.1 Å². The number of nitrogens with one attached hydrogen (secondary N) is 1. The maximum Gasteiger partial charge on any atom is 0.410 e. The summed E-state index contributed by atoms with van der Waals surface area (Å²) in [5.41, 5.74) is 0.564. The number of carbonyl (C=O) groups is 1. The summed E-state index contributed by atoms with van der Waals surface area (Å²) in [6.45, 7) is 7.77. The highest BCUT2D eigenvalue weighted by Gasteiger charge is 2.31. The maximum atomic E-state index is 12.9. The average molecular weight is 308 g/mol. The van der Waals surface area contributed by atoms with Crippen molar-refractivity contribution < 1.29 is 13.9 Å². The number of carbonyl (C=O) groups excluding carboxylic acids is 1. The molecule has 5 heteroatoms. The highest BCUT2D eigenvalue weighted by atomic mass is 19.1. The Morgan fingerprint density at radius 3 is 2.68 bits per heavy atom. The highest BCUT2D eigenvalue weighted by Crippen LogP contribution is 2.20. The van der Waals surface area contributed by atoms with Gasteiger partial charge in [0.25, 0.3) is 0 Å². The minimum atomic E-state index is -0.467. The van der Waals surface area contributed by atoms with Crippen LogP contribution in [0.2, 0.25) is 0 Å². The maximum absolute atomic E-state index is 12.9. The van der Waals surface area contributed by atoms with E-state index < -0.39 is 5.60 Å². The van der Waals surface area contributed by atoms with Gasteiger partial charge in [-0.1, -0.05) is 12.1 Å². The van der Waals surface area contributed by atoms with Crippen molar-refractivity contribution in [3.8, 4) is 0 Å². The van der Waals surface area contributed by atoms with Crippen LogP contribution >= 0.6 is 0 Å². The second-order valence-electron chi connectivity index (χ2n) is 6.73. The molecule has 0 aliphatic carbocycles. The summed E-state index contributed by atoms with van der Waals surface area (Å²) in [6, 6.07) is 6.61. The number of halogens is 1.